The molecular weight excluding hydrogens is 295 g/mol. The Morgan fingerprint density at radius 3 is 2.29 bits per heavy atom. The highest BCUT2D eigenvalue weighted by Gasteiger charge is 2.19. The van der Waals surface area contributed by atoms with E-state index in [1.165, 1.54) is 38.5 Å². The van der Waals surface area contributed by atoms with Gasteiger partial charge in [-0.15, -0.1) is 0 Å². The average Bonchev–Trinajstić information content (AvgIpc) is 2.48. The summed E-state index contributed by atoms with van der Waals surface area (Å²) in [5.41, 5.74) is 1.18. The van der Waals surface area contributed by atoms with Gasteiger partial charge < -0.3 is 9.47 Å². The van der Waals surface area contributed by atoms with Crippen molar-refractivity contribution in [3.63, 3.8) is 0 Å². The number of ketones is 1. The molecule has 0 aliphatic carbocycles. The first-order valence-electron chi connectivity index (χ1n) is 6.20. The number of hydrogen-bond donors (Lipinski definition) is 0. The van der Waals surface area contributed by atoms with Crippen LogP contribution >= 0.6 is 11.6 Å². The molecular formula is C16H14ClFO3. The van der Waals surface area contributed by atoms with Crippen molar-refractivity contribution >= 4 is 17.4 Å². The topological polar surface area (TPSA) is 35.5 Å². The van der Waals surface area contributed by atoms with Crippen LogP contribution in [0.4, 0.5) is 4.39 Å². The molecule has 0 saturated carbocycles. The molecule has 0 atom stereocenters. The molecule has 0 N–H and O–H groups in total. The number of halogens is 2. The maximum absolute atomic E-state index is 13.4. The van der Waals surface area contributed by atoms with Crippen LogP contribution in [0.15, 0.2) is 30.3 Å². The van der Waals surface area contributed by atoms with E-state index in [9.17, 15) is 9.18 Å². The van der Waals surface area contributed by atoms with Gasteiger partial charge in [0.1, 0.15) is 5.82 Å². The summed E-state index contributed by atoms with van der Waals surface area (Å²) < 4.78 is 23.6. The molecule has 0 unspecified atom stereocenters. The van der Waals surface area contributed by atoms with Gasteiger partial charge in [0, 0.05) is 17.2 Å². The Morgan fingerprint density at radius 1 is 1.05 bits per heavy atom. The van der Waals surface area contributed by atoms with Gasteiger partial charge in [-0.25, -0.2) is 4.39 Å². The molecule has 0 aliphatic rings. The number of carbonyl (C=O) groups is 1. The Hall–Kier alpha value is -2.07. The number of benzene rings is 2. The van der Waals surface area contributed by atoms with E-state index in [4.69, 9.17) is 21.1 Å². The minimum Gasteiger partial charge on any atom is -0.493 e. The van der Waals surface area contributed by atoms with E-state index in [0.29, 0.717) is 17.1 Å². The van der Waals surface area contributed by atoms with Crippen molar-refractivity contribution in [2.45, 2.75) is 6.92 Å². The van der Waals surface area contributed by atoms with E-state index >= 15 is 0 Å². The molecule has 2 aromatic carbocycles. The summed E-state index contributed by atoms with van der Waals surface area (Å²) >= 11 is 6.12. The minimum absolute atomic E-state index is 0.223. The van der Waals surface area contributed by atoms with Crippen LogP contribution in [-0.2, 0) is 0 Å². The molecule has 0 amide bonds. The van der Waals surface area contributed by atoms with E-state index in [1.54, 1.807) is 13.0 Å². The predicted octanol–water partition coefficient (Wildman–Crippen LogP) is 4.04. The monoisotopic (exact) mass is 308 g/mol. The van der Waals surface area contributed by atoms with Crippen LogP contribution in [0.25, 0.3) is 0 Å². The molecule has 5 heteroatoms. The molecule has 0 aromatic heterocycles. The van der Waals surface area contributed by atoms with Gasteiger partial charge in [0.25, 0.3) is 0 Å². The number of ether oxygens (including phenoxy) is 2. The van der Waals surface area contributed by atoms with Gasteiger partial charge in [0.15, 0.2) is 17.3 Å². The maximum Gasteiger partial charge on any atom is 0.195 e. The molecule has 0 saturated heterocycles. The molecule has 0 heterocycles. The zero-order chi connectivity index (χ0) is 15.6. The molecule has 2 aromatic rings. The fourth-order valence-electron chi connectivity index (χ4n) is 2.01. The summed E-state index contributed by atoms with van der Waals surface area (Å²) in [5, 5.41) is 0.223. The van der Waals surface area contributed by atoms with Crippen molar-refractivity contribution in [2.24, 2.45) is 0 Å². The molecule has 0 spiro atoms. The summed E-state index contributed by atoms with van der Waals surface area (Å²) in [4.78, 5) is 12.6. The average molecular weight is 309 g/mol. The minimum atomic E-state index is -0.472. The van der Waals surface area contributed by atoms with E-state index < -0.39 is 5.82 Å². The van der Waals surface area contributed by atoms with Crippen molar-refractivity contribution in [3.8, 4) is 11.5 Å². The normalized spacial score (nSPS) is 10.3. The second-order valence-corrected chi connectivity index (χ2v) is 4.88. The molecule has 0 bridgehead atoms. The Balaban J connectivity index is 2.55. The summed E-state index contributed by atoms with van der Waals surface area (Å²) in [6, 6.07) is 7.06. The number of carbonyl (C=O) groups excluding carboxylic acids is 1. The summed E-state index contributed by atoms with van der Waals surface area (Å²) in [5.74, 6) is -0.0205. The highest BCUT2D eigenvalue weighted by atomic mass is 35.5. The van der Waals surface area contributed by atoms with Gasteiger partial charge in [-0.05, 0) is 30.7 Å². The van der Waals surface area contributed by atoms with Crippen molar-refractivity contribution in [2.75, 3.05) is 14.2 Å². The maximum atomic E-state index is 13.4. The Labute approximate surface area is 127 Å². The molecule has 2 rings (SSSR count). The third-order valence-corrected chi connectivity index (χ3v) is 3.47. The van der Waals surface area contributed by atoms with Gasteiger partial charge in [-0.3, -0.25) is 4.79 Å². The number of hydrogen-bond acceptors (Lipinski definition) is 3. The highest BCUT2D eigenvalue weighted by Crippen LogP contribution is 2.34. The van der Waals surface area contributed by atoms with E-state index in [-0.39, 0.29) is 21.9 Å². The van der Waals surface area contributed by atoms with Crippen LogP contribution in [0.2, 0.25) is 5.02 Å². The highest BCUT2D eigenvalue weighted by molar-refractivity contribution is 6.35. The predicted molar refractivity (Wildman–Crippen MR) is 79.1 cm³/mol. The second-order valence-electron chi connectivity index (χ2n) is 4.48. The summed E-state index contributed by atoms with van der Waals surface area (Å²) in [6.07, 6.45) is 0. The van der Waals surface area contributed by atoms with Crippen LogP contribution in [-0.4, -0.2) is 20.0 Å². The Kier molecular flexibility index (Phi) is 4.48. The smallest absolute Gasteiger partial charge is 0.195 e. The standard InChI is InChI=1S/C16H14ClFO3/c1-9-4-5-10(18)6-11(9)16(19)12-7-14(20-2)15(21-3)8-13(12)17/h4-8H,1-3H3. The Bertz CT molecular complexity index is 698. The van der Waals surface area contributed by atoms with Gasteiger partial charge in [-0.1, -0.05) is 17.7 Å². The number of aryl methyl sites for hydroxylation is 1. The van der Waals surface area contributed by atoms with Crippen molar-refractivity contribution in [1.29, 1.82) is 0 Å². The van der Waals surface area contributed by atoms with Gasteiger partial charge in [0.2, 0.25) is 0 Å². The lowest BCUT2D eigenvalue weighted by molar-refractivity contribution is 0.103. The van der Waals surface area contributed by atoms with Crippen LogP contribution in [0.1, 0.15) is 21.5 Å². The van der Waals surface area contributed by atoms with Crippen molar-refractivity contribution in [3.05, 3.63) is 57.9 Å². The zero-order valence-corrected chi connectivity index (χ0v) is 12.6. The molecule has 21 heavy (non-hydrogen) atoms. The van der Waals surface area contributed by atoms with E-state index in [0.717, 1.165) is 0 Å². The van der Waals surface area contributed by atoms with Gasteiger partial charge in [-0.2, -0.15) is 0 Å². The lowest BCUT2D eigenvalue weighted by Gasteiger charge is -2.12. The van der Waals surface area contributed by atoms with Crippen LogP contribution in [0.5, 0.6) is 11.5 Å². The lowest BCUT2D eigenvalue weighted by Crippen LogP contribution is -2.06. The number of methoxy groups -OCH3 is 2. The zero-order valence-electron chi connectivity index (χ0n) is 11.9. The molecule has 0 radical (unpaired) electrons. The third kappa shape index (κ3) is 3.00. The van der Waals surface area contributed by atoms with Crippen molar-refractivity contribution in [1.82, 2.24) is 0 Å². The van der Waals surface area contributed by atoms with Crippen LogP contribution in [0.3, 0.4) is 0 Å². The quantitative estimate of drug-likeness (QED) is 0.800. The fourth-order valence-corrected chi connectivity index (χ4v) is 2.25. The van der Waals surface area contributed by atoms with Gasteiger partial charge >= 0.3 is 0 Å². The molecule has 0 aliphatic heterocycles. The van der Waals surface area contributed by atoms with E-state index in [1.807, 2.05) is 0 Å². The number of rotatable bonds is 4. The summed E-state index contributed by atoms with van der Waals surface area (Å²) in [7, 11) is 2.94. The lowest BCUT2D eigenvalue weighted by atomic mass is 9.98. The first kappa shape index (κ1) is 15.3. The van der Waals surface area contributed by atoms with Gasteiger partial charge in [0.05, 0.1) is 19.2 Å². The molecule has 0 fully saturated rings. The fraction of sp³-hybridized carbons (Fsp3) is 0.188. The SMILES string of the molecule is COc1cc(Cl)c(C(=O)c2cc(F)ccc2C)cc1OC. The van der Waals surface area contributed by atoms with Crippen LogP contribution < -0.4 is 9.47 Å². The molecule has 110 valence electrons. The first-order chi connectivity index (χ1) is 9.97. The largest absolute Gasteiger partial charge is 0.493 e. The second kappa shape index (κ2) is 6.14. The van der Waals surface area contributed by atoms with Crippen LogP contribution in [0, 0.1) is 12.7 Å². The Morgan fingerprint density at radius 2 is 1.67 bits per heavy atom. The summed E-state index contributed by atoms with van der Waals surface area (Å²) in [6.45, 7) is 1.74. The molecule has 3 nitrogen and oxygen atoms in total. The van der Waals surface area contributed by atoms with E-state index in [2.05, 4.69) is 0 Å². The van der Waals surface area contributed by atoms with Crippen molar-refractivity contribution < 1.29 is 18.7 Å². The third-order valence-electron chi connectivity index (χ3n) is 3.16. The first-order valence-corrected chi connectivity index (χ1v) is 6.58.